The topological polar surface area (TPSA) is 71.4 Å². The van der Waals surface area contributed by atoms with Gasteiger partial charge in [0, 0.05) is 18.8 Å². The normalized spacial score (nSPS) is 11.8. The average molecular weight is 248 g/mol. The minimum atomic E-state index is -1.00. The highest BCUT2D eigenvalue weighted by molar-refractivity contribution is 5.92. The lowest BCUT2D eigenvalue weighted by Crippen LogP contribution is -2.16. The molecular formula is C14H16O4. The molecule has 1 aromatic carbocycles. The Kier molecular flexibility index (Phi) is 5.24. The van der Waals surface area contributed by atoms with E-state index in [-0.39, 0.29) is 30.8 Å². The first-order valence-corrected chi connectivity index (χ1v) is 5.79. The minimum Gasteiger partial charge on any atom is -0.481 e. The first kappa shape index (κ1) is 14.1. The number of rotatable bonds is 7. The largest absolute Gasteiger partial charge is 0.481 e. The number of carboxylic acids is 1. The Balaban J connectivity index is 2.81. The lowest BCUT2D eigenvalue weighted by atomic mass is 9.88. The number of hydrogen-bond donors (Lipinski definition) is 1. The number of ketones is 2. The zero-order valence-corrected chi connectivity index (χ0v) is 10.3. The quantitative estimate of drug-likeness (QED) is 0.802. The Morgan fingerprint density at radius 1 is 1.11 bits per heavy atom. The molecule has 96 valence electrons. The fourth-order valence-electron chi connectivity index (χ4n) is 1.79. The van der Waals surface area contributed by atoms with Crippen LogP contribution in [0.2, 0.25) is 0 Å². The molecule has 1 rings (SSSR count). The van der Waals surface area contributed by atoms with Crippen LogP contribution >= 0.6 is 0 Å². The summed E-state index contributed by atoms with van der Waals surface area (Å²) in [5, 5.41) is 8.58. The van der Waals surface area contributed by atoms with Crippen molar-refractivity contribution in [1.82, 2.24) is 0 Å². The Labute approximate surface area is 106 Å². The SMILES string of the molecule is CC(=O)CC(C(=O)CCC(=O)O)c1ccccc1. The molecular weight excluding hydrogens is 232 g/mol. The molecule has 0 aliphatic rings. The number of carbonyl (C=O) groups excluding carboxylic acids is 2. The number of carbonyl (C=O) groups is 3. The van der Waals surface area contributed by atoms with Crippen LogP contribution in [0.3, 0.4) is 0 Å². The molecule has 18 heavy (non-hydrogen) atoms. The van der Waals surface area contributed by atoms with E-state index in [1.165, 1.54) is 6.92 Å². The molecule has 0 aliphatic heterocycles. The van der Waals surface area contributed by atoms with Crippen LogP contribution in [0.25, 0.3) is 0 Å². The summed E-state index contributed by atoms with van der Waals surface area (Å²) in [6, 6.07) is 8.99. The third-order valence-electron chi connectivity index (χ3n) is 2.67. The summed E-state index contributed by atoms with van der Waals surface area (Å²) < 4.78 is 0. The van der Waals surface area contributed by atoms with E-state index in [1.807, 2.05) is 6.07 Å². The smallest absolute Gasteiger partial charge is 0.303 e. The first-order valence-electron chi connectivity index (χ1n) is 5.79. The van der Waals surface area contributed by atoms with Crippen molar-refractivity contribution in [3.8, 4) is 0 Å². The van der Waals surface area contributed by atoms with Crippen LogP contribution in [-0.2, 0) is 14.4 Å². The maximum atomic E-state index is 12.0. The van der Waals surface area contributed by atoms with Crippen LogP contribution in [0.5, 0.6) is 0 Å². The van der Waals surface area contributed by atoms with E-state index in [1.54, 1.807) is 24.3 Å². The van der Waals surface area contributed by atoms with E-state index in [9.17, 15) is 14.4 Å². The molecule has 4 heteroatoms. The molecule has 1 aromatic rings. The highest BCUT2D eigenvalue weighted by Gasteiger charge is 2.22. The van der Waals surface area contributed by atoms with Gasteiger partial charge in [-0.1, -0.05) is 30.3 Å². The molecule has 0 heterocycles. The van der Waals surface area contributed by atoms with Gasteiger partial charge >= 0.3 is 5.97 Å². The van der Waals surface area contributed by atoms with Crippen LogP contribution in [-0.4, -0.2) is 22.6 Å². The van der Waals surface area contributed by atoms with Gasteiger partial charge in [0.25, 0.3) is 0 Å². The second-order valence-corrected chi connectivity index (χ2v) is 4.23. The van der Waals surface area contributed by atoms with Crippen LogP contribution < -0.4 is 0 Å². The summed E-state index contributed by atoms with van der Waals surface area (Å²) in [5.74, 6) is -1.80. The summed E-state index contributed by atoms with van der Waals surface area (Å²) in [7, 11) is 0. The van der Waals surface area contributed by atoms with E-state index >= 15 is 0 Å². The van der Waals surface area contributed by atoms with Gasteiger partial charge in [0.05, 0.1) is 6.42 Å². The van der Waals surface area contributed by atoms with Gasteiger partial charge in [0.15, 0.2) is 0 Å². The van der Waals surface area contributed by atoms with Crippen molar-refractivity contribution in [2.45, 2.75) is 32.1 Å². The predicted octanol–water partition coefficient (Wildman–Crippen LogP) is 2.18. The van der Waals surface area contributed by atoms with Crippen molar-refractivity contribution in [3.05, 3.63) is 35.9 Å². The van der Waals surface area contributed by atoms with Crippen LogP contribution in [0, 0.1) is 0 Å². The van der Waals surface area contributed by atoms with Gasteiger partial charge in [-0.3, -0.25) is 14.4 Å². The lowest BCUT2D eigenvalue weighted by molar-refractivity contribution is -0.138. The average Bonchev–Trinajstić information content (AvgIpc) is 2.34. The van der Waals surface area contributed by atoms with Gasteiger partial charge in [0.1, 0.15) is 11.6 Å². The number of benzene rings is 1. The summed E-state index contributed by atoms with van der Waals surface area (Å²) in [6.07, 6.45) is -0.106. The van der Waals surface area contributed by atoms with Crippen molar-refractivity contribution in [3.63, 3.8) is 0 Å². The predicted molar refractivity (Wildman–Crippen MR) is 66.4 cm³/mol. The molecule has 1 N–H and O–H groups in total. The van der Waals surface area contributed by atoms with Gasteiger partial charge < -0.3 is 5.11 Å². The van der Waals surface area contributed by atoms with E-state index in [0.29, 0.717) is 0 Å². The van der Waals surface area contributed by atoms with Gasteiger partial charge in [-0.2, -0.15) is 0 Å². The number of carboxylic acid groups (broad SMARTS) is 1. The Hall–Kier alpha value is -1.97. The number of Topliss-reactive ketones (excluding diaryl/α,β-unsaturated/α-hetero) is 2. The van der Waals surface area contributed by atoms with Gasteiger partial charge in [-0.05, 0) is 12.5 Å². The maximum absolute atomic E-state index is 12.0. The molecule has 1 atom stereocenters. The zero-order chi connectivity index (χ0) is 13.5. The van der Waals surface area contributed by atoms with Crippen molar-refractivity contribution >= 4 is 17.5 Å². The highest BCUT2D eigenvalue weighted by atomic mass is 16.4. The third-order valence-corrected chi connectivity index (χ3v) is 2.67. The molecule has 0 radical (unpaired) electrons. The second kappa shape index (κ2) is 6.69. The molecule has 1 unspecified atom stereocenters. The molecule has 0 amide bonds. The second-order valence-electron chi connectivity index (χ2n) is 4.23. The third kappa shape index (κ3) is 4.49. The van der Waals surface area contributed by atoms with Gasteiger partial charge in [-0.25, -0.2) is 0 Å². The molecule has 0 aliphatic carbocycles. The Morgan fingerprint density at radius 3 is 2.22 bits per heavy atom. The molecule has 0 spiro atoms. The van der Waals surface area contributed by atoms with Crippen molar-refractivity contribution in [2.75, 3.05) is 0 Å². The van der Waals surface area contributed by atoms with Crippen LogP contribution in [0.4, 0.5) is 0 Å². The summed E-state index contributed by atoms with van der Waals surface area (Å²) in [5.41, 5.74) is 0.767. The molecule has 0 saturated carbocycles. The molecule has 4 nitrogen and oxygen atoms in total. The summed E-state index contributed by atoms with van der Waals surface area (Å²) in [6.45, 7) is 1.43. The maximum Gasteiger partial charge on any atom is 0.303 e. The van der Waals surface area contributed by atoms with E-state index in [4.69, 9.17) is 5.11 Å². The number of hydrogen-bond acceptors (Lipinski definition) is 3. The lowest BCUT2D eigenvalue weighted by Gasteiger charge is -2.14. The van der Waals surface area contributed by atoms with Crippen LogP contribution in [0.1, 0.15) is 37.7 Å². The summed E-state index contributed by atoms with van der Waals surface area (Å²) >= 11 is 0. The Morgan fingerprint density at radius 2 is 1.72 bits per heavy atom. The molecule has 0 fully saturated rings. The highest BCUT2D eigenvalue weighted by Crippen LogP contribution is 2.23. The van der Waals surface area contributed by atoms with Crippen molar-refractivity contribution in [2.24, 2.45) is 0 Å². The fraction of sp³-hybridized carbons (Fsp3) is 0.357. The monoisotopic (exact) mass is 248 g/mol. The molecule has 0 saturated heterocycles. The van der Waals surface area contributed by atoms with Gasteiger partial charge in [-0.15, -0.1) is 0 Å². The fourth-order valence-corrected chi connectivity index (χ4v) is 1.79. The van der Waals surface area contributed by atoms with Crippen LogP contribution in [0.15, 0.2) is 30.3 Å². The summed E-state index contributed by atoms with van der Waals surface area (Å²) in [4.78, 5) is 33.6. The number of aliphatic carboxylic acids is 1. The van der Waals surface area contributed by atoms with Gasteiger partial charge in [0.2, 0.25) is 0 Å². The van der Waals surface area contributed by atoms with E-state index in [2.05, 4.69) is 0 Å². The first-order chi connectivity index (χ1) is 8.50. The molecule has 0 aromatic heterocycles. The zero-order valence-electron chi connectivity index (χ0n) is 10.3. The van der Waals surface area contributed by atoms with Crippen molar-refractivity contribution in [1.29, 1.82) is 0 Å². The Bertz CT molecular complexity index is 436. The van der Waals surface area contributed by atoms with E-state index in [0.717, 1.165) is 5.56 Å². The van der Waals surface area contributed by atoms with E-state index < -0.39 is 11.9 Å². The minimum absolute atomic E-state index is 0.0395. The molecule has 0 bridgehead atoms. The van der Waals surface area contributed by atoms with Crippen molar-refractivity contribution < 1.29 is 19.5 Å². The standard InChI is InChI=1S/C14H16O4/c1-10(15)9-12(11-5-3-2-4-6-11)13(16)7-8-14(17)18/h2-6,12H,7-9H2,1H3,(H,17,18).